The summed E-state index contributed by atoms with van der Waals surface area (Å²) in [6.45, 7) is 0. The van der Waals surface area contributed by atoms with Crippen molar-refractivity contribution in [2.24, 2.45) is 5.10 Å². The third kappa shape index (κ3) is 5.42. The van der Waals surface area contributed by atoms with Crippen molar-refractivity contribution in [3.8, 4) is 11.3 Å². The third-order valence-electron chi connectivity index (χ3n) is 4.10. The highest BCUT2D eigenvalue weighted by atomic mass is 16.6. The van der Waals surface area contributed by atoms with Gasteiger partial charge in [0.25, 0.3) is 5.69 Å². The highest BCUT2D eigenvalue weighted by Gasteiger charge is 2.14. The van der Waals surface area contributed by atoms with Crippen molar-refractivity contribution < 1.29 is 28.5 Å². The number of nitrogens with zero attached hydrogens (tertiary/aromatic N) is 2. The van der Waals surface area contributed by atoms with Crippen LogP contribution in [0.3, 0.4) is 0 Å². The van der Waals surface area contributed by atoms with E-state index < -0.39 is 22.7 Å². The molecule has 0 fully saturated rings. The predicted molar refractivity (Wildman–Crippen MR) is 113 cm³/mol. The molecule has 2 aromatic carbocycles. The van der Waals surface area contributed by atoms with Crippen LogP contribution >= 0.6 is 0 Å². The van der Waals surface area contributed by atoms with Gasteiger partial charge in [0, 0.05) is 23.4 Å². The Morgan fingerprint density at radius 1 is 1.06 bits per heavy atom. The highest BCUT2D eigenvalue weighted by Crippen LogP contribution is 2.25. The van der Waals surface area contributed by atoms with Gasteiger partial charge in [-0.1, -0.05) is 12.1 Å². The number of nitrogens with one attached hydrogen (secondary N) is 2. The van der Waals surface area contributed by atoms with Crippen LogP contribution in [0, 0.1) is 10.1 Å². The molecule has 0 bridgehead atoms. The van der Waals surface area contributed by atoms with Crippen molar-refractivity contribution in [3.63, 3.8) is 0 Å². The number of hydrogen-bond acceptors (Lipinski definition) is 8. The van der Waals surface area contributed by atoms with Gasteiger partial charge in [-0.05, 0) is 36.4 Å². The average molecular weight is 436 g/mol. The third-order valence-corrected chi connectivity index (χ3v) is 4.10. The molecule has 0 radical (unpaired) electrons. The first-order chi connectivity index (χ1) is 15.4. The van der Waals surface area contributed by atoms with Gasteiger partial charge in [0.05, 0.1) is 23.8 Å². The summed E-state index contributed by atoms with van der Waals surface area (Å²) in [6.07, 6.45) is 1.18. The Morgan fingerprint density at radius 3 is 2.50 bits per heavy atom. The molecule has 0 aliphatic rings. The fourth-order valence-electron chi connectivity index (χ4n) is 2.55. The molecule has 0 atom stereocenters. The van der Waals surface area contributed by atoms with E-state index >= 15 is 0 Å². The maximum atomic E-state index is 11.9. The Bertz CT molecular complexity index is 1200. The zero-order valence-corrected chi connectivity index (χ0v) is 16.6. The zero-order chi connectivity index (χ0) is 23.1. The molecule has 11 nitrogen and oxygen atoms in total. The SMILES string of the molecule is COC(=O)c1ccc(NC(=O)C(=O)N/N=C/c2ccc(-c3cccc([N+](=O)[O-])c3)o2)cc1. The molecule has 2 N–H and O–H groups in total. The van der Waals surface area contributed by atoms with E-state index in [1.807, 2.05) is 0 Å². The molecule has 0 saturated heterocycles. The van der Waals surface area contributed by atoms with Crippen LogP contribution < -0.4 is 10.7 Å². The number of nitro groups is 1. The van der Waals surface area contributed by atoms with E-state index in [1.165, 1.54) is 55.8 Å². The minimum atomic E-state index is -1.02. The van der Waals surface area contributed by atoms with Crippen molar-refractivity contribution in [3.05, 3.63) is 82.1 Å². The number of hydrazone groups is 1. The number of carbonyl (C=O) groups is 3. The molecule has 1 heterocycles. The smallest absolute Gasteiger partial charge is 0.337 e. The molecule has 3 rings (SSSR count). The quantitative estimate of drug-likeness (QED) is 0.198. The lowest BCUT2D eigenvalue weighted by molar-refractivity contribution is -0.384. The van der Waals surface area contributed by atoms with E-state index in [1.54, 1.807) is 18.2 Å². The van der Waals surface area contributed by atoms with E-state index in [4.69, 9.17) is 4.42 Å². The second-order valence-electron chi connectivity index (χ2n) is 6.23. The number of anilines is 1. The van der Waals surface area contributed by atoms with Gasteiger partial charge in [-0.3, -0.25) is 19.7 Å². The summed E-state index contributed by atoms with van der Waals surface area (Å²) in [5.74, 6) is -1.89. The van der Waals surface area contributed by atoms with Crippen LogP contribution in [0.5, 0.6) is 0 Å². The number of esters is 1. The summed E-state index contributed by atoms with van der Waals surface area (Å²) in [7, 11) is 1.25. The summed E-state index contributed by atoms with van der Waals surface area (Å²) in [6, 6.07) is 14.8. The van der Waals surface area contributed by atoms with Crippen LogP contribution in [-0.4, -0.2) is 36.0 Å². The van der Waals surface area contributed by atoms with E-state index in [9.17, 15) is 24.5 Å². The van der Waals surface area contributed by atoms with Gasteiger partial charge >= 0.3 is 17.8 Å². The topological polar surface area (TPSA) is 153 Å². The van der Waals surface area contributed by atoms with E-state index in [-0.39, 0.29) is 11.4 Å². The van der Waals surface area contributed by atoms with Crippen molar-refractivity contribution in [2.75, 3.05) is 12.4 Å². The molecule has 0 saturated carbocycles. The first kappa shape index (κ1) is 21.9. The molecule has 32 heavy (non-hydrogen) atoms. The Labute approximate surface area is 180 Å². The van der Waals surface area contributed by atoms with Crippen LogP contribution in [0.4, 0.5) is 11.4 Å². The number of hydrogen-bond donors (Lipinski definition) is 2. The van der Waals surface area contributed by atoms with Crippen LogP contribution in [0.25, 0.3) is 11.3 Å². The van der Waals surface area contributed by atoms with Crippen molar-refractivity contribution in [2.45, 2.75) is 0 Å². The van der Waals surface area contributed by atoms with Gasteiger partial charge in [0.2, 0.25) is 0 Å². The molecule has 0 spiro atoms. The molecule has 0 aliphatic heterocycles. The summed E-state index contributed by atoms with van der Waals surface area (Å²) < 4.78 is 10.1. The molecule has 1 aromatic heterocycles. The molecule has 0 aliphatic carbocycles. The number of methoxy groups -OCH3 is 1. The molecule has 11 heteroatoms. The monoisotopic (exact) mass is 436 g/mol. The Hall–Kier alpha value is -4.80. The summed E-state index contributed by atoms with van der Waals surface area (Å²) >= 11 is 0. The zero-order valence-electron chi connectivity index (χ0n) is 16.6. The molecule has 162 valence electrons. The van der Waals surface area contributed by atoms with Crippen molar-refractivity contribution in [1.29, 1.82) is 0 Å². The van der Waals surface area contributed by atoms with Gasteiger partial charge in [-0.2, -0.15) is 5.10 Å². The van der Waals surface area contributed by atoms with E-state index in [0.29, 0.717) is 22.6 Å². The summed E-state index contributed by atoms with van der Waals surface area (Å²) in [4.78, 5) is 45.6. The van der Waals surface area contributed by atoms with Crippen molar-refractivity contribution >= 4 is 35.4 Å². The maximum Gasteiger partial charge on any atom is 0.337 e. The fraction of sp³-hybridized carbons (Fsp3) is 0.0476. The lowest BCUT2D eigenvalue weighted by atomic mass is 10.1. The lowest BCUT2D eigenvalue weighted by Gasteiger charge is -2.04. The maximum absolute atomic E-state index is 11.9. The van der Waals surface area contributed by atoms with Crippen LogP contribution in [-0.2, 0) is 14.3 Å². The Kier molecular flexibility index (Phi) is 6.71. The second kappa shape index (κ2) is 9.80. The Morgan fingerprint density at radius 2 is 1.81 bits per heavy atom. The number of carbonyl (C=O) groups excluding carboxylic acids is 3. The molecule has 3 aromatic rings. The number of rotatable bonds is 6. The minimum absolute atomic E-state index is 0.0765. The second-order valence-corrected chi connectivity index (χ2v) is 6.23. The van der Waals surface area contributed by atoms with E-state index in [0.717, 1.165) is 0 Å². The molecule has 0 unspecified atom stereocenters. The Balaban J connectivity index is 1.56. The van der Waals surface area contributed by atoms with E-state index in [2.05, 4.69) is 20.6 Å². The number of furan rings is 1. The lowest BCUT2D eigenvalue weighted by Crippen LogP contribution is -2.32. The molecule has 2 amide bonds. The standard InChI is InChI=1S/C21H16N4O7/c1-31-21(28)13-5-7-15(8-6-13)23-19(26)20(27)24-22-12-17-9-10-18(32-17)14-3-2-4-16(11-14)25(29)30/h2-12H,1H3,(H,23,26)(H,24,27)/b22-12+. The number of nitro benzene ring substituents is 1. The molecular weight excluding hydrogens is 420 g/mol. The van der Waals surface area contributed by atoms with Gasteiger partial charge < -0.3 is 14.5 Å². The summed E-state index contributed by atoms with van der Waals surface area (Å²) in [5.41, 5.74) is 3.08. The fourth-order valence-corrected chi connectivity index (χ4v) is 2.55. The predicted octanol–water partition coefficient (Wildman–Crippen LogP) is 2.73. The average Bonchev–Trinajstić information content (AvgIpc) is 3.28. The normalized spacial score (nSPS) is 10.5. The van der Waals surface area contributed by atoms with Crippen LogP contribution in [0.2, 0.25) is 0 Å². The number of ether oxygens (including phenoxy) is 1. The first-order valence-electron chi connectivity index (χ1n) is 9.05. The highest BCUT2D eigenvalue weighted by molar-refractivity contribution is 6.39. The van der Waals surface area contributed by atoms with Crippen molar-refractivity contribution in [1.82, 2.24) is 5.43 Å². The largest absolute Gasteiger partial charge is 0.465 e. The van der Waals surface area contributed by atoms with Gasteiger partial charge in [-0.15, -0.1) is 0 Å². The van der Waals surface area contributed by atoms with Gasteiger partial charge in [-0.25, -0.2) is 10.2 Å². The van der Waals surface area contributed by atoms with Gasteiger partial charge in [0.1, 0.15) is 11.5 Å². The van der Waals surface area contributed by atoms with Crippen LogP contribution in [0.15, 0.2) is 70.2 Å². The number of benzene rings is 2. The number of non-ortho nitro benzene ring substituents is 1. The number of amides is 2. The molecular formula is C21H16N4O7. The minimum Gasteiger partial charge on any atom is -0.465 e. The van der Waals surface area contributed by atoms with Crippen LogP contribution in [0.1, 0.15) is 16.1 Å². The summed E-state index contributed by atoms with van der Waals surface area (Å²) in [5, 5.41) is 16.9. The van der Waals surface area contributed by atoms with Gasteiger partial charge in [0.15, 0.2) is 0 Å². The first-order valence-corrected chi connectivity index (χ1v) is 9.05.